The lowest BCUT2D eigenvalue weighted by molar-refractivity contribution is -0.137. The van der Waals surface area contributed by atoms with Crippen molar-refractivity contribution in [1.82, 2.24) is 20.4 Å². The molecule has 0 aromatic carbocycles. The van der Waals surface area contributed by atoms with Crippen molar-refractivity contribution in [3.63, 3.8) is 0 Å². The predicted octanol–water partition coefficient (Wildman–Crippen LogP) is 13.5. The maximum absolute atomic E-state index is 13.3. The fraction of sp³-hybridized carbons (Fsp3) is 0.967. The van der Waals surface area contributed by atoms with Gasteiger partial charge >= 0.3 is 0 Å². The molecule has 1 rings (SSSR count). The molecule has 10 heteroatoms. The van der Waals surface area contributed by atoms with E-state index in [0.717, 1.165) is 109 Å². The van der Waals surface area contributed by atoms with Crippen molar-refractivity contribution >= 4 is 11.8 Å². The molecule has 1 aliphatic rings. The zero-order chi connectivity index (χ0) is 51.1. The number of unbranched alkanes of at least 4 members (excludes halogenated alkanes) is 30. The molecule has 0 saturated carbocycles. The molecular formula is C60H120N4O6. The summed E-state index contributed by atoms with van der Waals surface area (Å²) in [5.41, 5.74) is 0. The highest BCUT2D eigenvalue weighted by atomic mass is 16.3. The summed E-state index contributed by atoms with van der Waals surface area (Å²) in [4.78, 5) is 31.2. The van der Waals surface area contributed by atoms with Gasteiger partial charge in [0.05, 0.1) is 24.9 Å². The van der Waals surface area contributed by atoms with E-state index in [2.05, 4.69) is 48.1 Å². The summed E-state index contributed by atoms with van der Waals surface area (Å²) < 4.78 is 0. The summed E-state index contributed by atoms with van der Waals surface area (Å²) in [6.07, 6.45) is 46.2. The molecule has 1 aliphatic heterocycles. The molecule has 10 nitrogen and oxygen atoms in total. The van der Waals surface area contributed by atoms with Crippen molar-refractivity contribution in [1.29, 1.82) is 0 Å². The number of carbonyl (C=O) groups is 2. The van der Waals surface area contributed by atoms with Crippen LogP contribution in [-0.4, -0.2) is 118 Å². The lowest BCUT2D eigenvalue weighted by atomic mass is 10.00. The SMILES string of the molecule is CCCCCCCCCCC(O)CN(CCCCC1NC(=O)C(CCCCN(CC(O)CCCCCCCCCC)C(CO)CCCCCCCCCC)NC1=O)CC(O)CCCCCCCCCC. The van der Waals surface area contributed by atoms with Gasteiger partial charge in [0, 0.05) is 25.7 Å². The highest BCUT2D eigenvalue weighted by molar-refractivity contribution is 5.96. The van der Waals surface area contributed by atoms with Gasteiger partial charge in [-0.05, 0) is 77.3 Å². The molecule has 0 bridgehead atoms. The third kappa shape index (κ3) is 38.3. The molecule has 1 fully saturated rings. The van der Waals surface area contributed by atoms with Crippen molar-refractivity contribution < 1.29 is 30.0 Å². The van der Waals surface area contributed by atoms with E-state index in [4.69, 9.17) is 0 Å². The molecule has 0 aromatic heterocycles. The van der Waals surface area contributed by atoms with Crippen LogP contribution in [0.15, 0.2) is 0 Å². The molecule has 6 unspecified atom stereocenters. The predicted molar refractivity (Wildman–Crippen MR) is 297 cm³/mol. The molecule has 1 saturated heterocycles. The lowest BCUT2D eigenvalue weighted by Gasteiger charge is -2.33. The van der Waals surface area contributed by atoms with Gasteiger partial charge in [-0.15, -0.1) is 0 Å². The van der Waals surface area contributed by atoms with Crippen molar-refractivity contribution in [2.75, 3.05) is 39.3 Å². The van der Waals surface area contributed by atoms with Crippen molar-refractivity contribution in [3.8, 4) is 0 Å². The van der Waals surface area contributed by atoms with E-state index in [9.17, 15) is 30.0 Å². The Morgan fingerprint density at radius 1 is 0.386 bits per heavy atom. The van der Waals surface area contributed by atoms with Crippen LogP contribution in [0.1, 0.15) is 297 Å². The van der Waals surface area contributed by atoms with Gasteiger partial charge in [-0.2, -0.15) is 0 Å². The minimum Gasteiger partial charge on any atom is -0.395 e. The number of nitrogens with one attached hydrogen (secondary N) is 2. The molecular weight excluding hydrogens is 873 g/mol. The molecule has 0 aliphatic carbocycles. The number of carbonyl (C=O) groups excluding carboxylic acids is 2. The van der Waals surface area contributed by atoms with Crippen LogP contribution in [0.3, 0.4) is 0 Å². The fourth-order valence-electron chi connectivity index (χ4n) is 10.7. The maximum atomic E-state index is 13.3. The van der Waals surface area contributed by atoms with E-state index >= 15 is 0 Å². The highest BCUT2D eigenvalue weighted by Gasteiger charge is 2.33. The molecule has 0 aromatic rings. The molecule has 0 radical (unpaired) electrons. The third-order valence-corrected chi connectivity index (χ3v) is 15.3. The Bertz CT molecular complexity index is 1120. The molecule has 70 heavy (non-hydrogen) atoms. The fourth-order valence-corrected chi connectivity index (χ4v) is 10.7. The molecule has 6 N–H and O–H groups in total. The summed E-state index contributed by atoms with van der Waals surface area (Å²) in [7, 11) is 0. The summed E-state index contributed by atoms with van der Waals surface area (Å²) >= 11 is 0. The number of aliphatic hydroxyl groups excluding tert-OH is 4. The monoisotopic (exact) mass is 993 g/mol. The Morgan fingerprint density at radius 2 is 0.686 bits per heavy atom. The van der Waals surface area contributed by atoms with Gasteiger partial charge in [-0.25, -0.2) is 0 Å². The summed E-state index contributed by atoms with van der Waals surface area (Å²) in [5, 5.41) is 49.9. The first kappa shape index (κ1) is 66.7. The molecule has 2 amide bonds. The zero-order valence-corrected chi connectivity index (χ0v) is 46.9. The smallest absolute Gasteiger partial charge is 0.243 e. The van der Waals surface area contributed by atoms with Crippen molar-refractivity contribution in [2.45, 2.75) is 334 Å². The Kier molecular flexibility index (Phi) is 46.3. The molecule has 0 spiro atoms. The summed E-state index contributed by atoms with van der Waals surface area (Å²) in [6, 6.07) is -1.07. The molecule has 1 heterocycles. The number of hydrogen-bond donors (Lipinski definition) is 6. The number of hydrogen-bond acceptors (Lipinski definition) is 8. The minimum absolute atomic E-state index is 0.0217. The number of piperazine rings is 1. The van der Waals surface area contributed by atoms with E-state index in [1.54, 1.807) is 0 Å². The minimum atomic E-state index is -0.545. The van der Waals surface area contributed by atoms with Crippen LogP contribution in [-0.2, 0) is 9.59 Å². The van der Waals surface area contributed by atoms with Gasteiger partial charge in [0.2, 0.25) is 11.8 Å². The average Bonchev–Trinajstić information content (AvgIpc) is 3.34. The normalized spacial score (nSPS) is 17.1. The lowest BCUT2D eigenvalue weighted by Crippen LogP contribution is -2.61. The van der Waals surface area contributed by atoms with Gasteiger partial charge in [0.15, 0.2) is 0 Å². The van der Waals surface area contributed by atoms with E-state index in [0.29, 0.717) is 32.5 Å². The van der Waals surface area contributed by atoms with Gasteiger partial charge in [-0.1, -0.05) is 233 Å². The van der Waals surface area contributed by atoms with Crippen LogP contribution in [0.4, 0.5) is 0 Å². The second-order valence-corrected chi connectivity index (χ2v) is 22.2. The van der Waals surface area contributed by atoms with Crippen LogP contribution < -0.4 is 10.6 Å². The number of rotatable bonds is 54. The second kappa shape index (κ2) is 48.6. The molecule has 416 valence electrons. The zero-order valence-electron chi connectivity index (χ0n) is 46.9. The molecule has 6 atom stereocenters. The standard InChI is InChI=1S/C60H120N4O6/c1-5-9-13-17-21-25-29-33-41-53(52-65)64(51-56(68)44-36-32-28-24-20-16-12-8-4)48-40-38-46-58-60(70)61-57(59(69)62-58)45-37-39-47-63(49-54(66)42-34-30-26-22-18-14-10-6-2)50-55(67)43-35-31-27-23-19-15-11-7-3/h53-58,65-68H,5-52H2,1-4H3,(H,61,70)(H,62,69). The maximum Gasteiger partial charge on any atom is 0.243 e. The Labute approximate surface area is 433 Å². The van der Waals surface area contributed by atoms with Crippen LogP contribution in [0.2, 0.25) is 0 Å². The highest BCUT2D eigenvalue weighted by Crippen LogP contribution is 2.20. The number of aliphatic hydroxyl groups is 4. The number of amides is 2. The van der Waals surface area contributed by atoms with Crippen LogP contribution in [0.25, 0.3) is 0 Å². The van der Waals surface area contributed by atoms with Gasteiger partial charge in [-0.3, -0.25) is 19.4 Å². The van der Waals surface area contributed by atoms with E-state index in [1.807, 2.05) is 0 Å². The van der Waals surface area contributed by atoms with E-state index in [-0.39, 0.29) is 24.5 Å². The summed E-state index contributed by atoms with van der Waals surface area (Å²) in [6.45, 7) is 12.3. The largest absolute Gasteiger partial charge is 0.395 e. The Balaban J connectivity index is 2.64. The quantitative estimate of drug-likeness (QED) is 0.0331. The van der Waals surface area contributed by atoms with E-state index in [1.165, 1.54) is 161 Å². The first-order valence-electron chi connectivity index (χ1n) is 30.9. The Hall–Kier alpha value is -1.30. The van der Waals surface area contributed by atoms with Gasteiger partial charge in [0.25, 0.3) is 0 Å². The van der Waals surface area contributed by atoms with Crippen LogP contribution in [0, 0.1) is 0 Å². The van der Waals surface area contributed by atoms with Crippen LogP contribution in [0.5, 0.6) is 0 Å². The summed E-state index contributed by atoms with van der Waals surface area (Å²) in [5.74, 6) is -0.223. The first-order chi connectivity index (χ1) is 34.2. The second-order valence-electron chi connectivity index (χ2n) is 22.2. The van der Waals surface area contributed by atoms with Gasteiger partial charge in [0.1, 0.15) is 12.1 Å². The Morgan fingerprint density at radius 3 is 1.03 bits per heavy atom. The van der Waals surface area contributed by atoms with Crippen molar-refractivity contribution in [2.24, 2.45) is 0 Å². The van der Waals surface area contributed by atoms with E-state index < -0.39 is 30.4 Å². The van der Waals surface area contributed by atoms with Crippen LogP contribution >= 0.6 is 0 Å². The first-order valence-corrected chi connectivity index (χ1v) is 30.9. The average molecular weight is 994 g/mol. The van der Waals surface area contributed by atoms with Gasteiger partial charge < -0.3 is 31.1 Å². The van der Waals surface area contributed by atoms with Crippen molar-refractivity contribution in [3.05, 3.63) is 0 Å². The number of nitrogens with zero attached hydrogens (tertiary/aromatic N) is 2. The topological polar surface area (TPSA) is 146 Å². The third-order valence-electron chi connectivity index (χ3n) is 15.3.